The number of carbonyl (C=O) groups excluding carboxylic acids is 2. The van der Waals surface area contributed by atoms with Crippen LogP contribution in [0, 0.1) is 5.92 Å². The predicted octanol–water partition coefficient (Wildman–Crippen LogP) is 4.16. The summed E-state index contributed by atoms with van der Waals surface area (Å²) in [7, 11) is 0. The minimum atomic E-state index is -1.05. The summed E-state index contributed by atoms with van der Waals surface area (Å²) in [5, 5.41) is 7.77. The van der Waals surface area contributed by atoms with Gasteiger partial charge in [0, 0.05) is 18.5 Å². The predicted molar refractivity (Wildman–Crippen MR) is 129 cm³/mol. The van der Waals surface area contributed by atoms with Crippen LogP contribution in [0.25, 0.3) is 0 Å². The minimum absolute atomic E-state index is 0.152. The Bertz CT molecular complexity index is 988. The molecule has 180 valence electrons. The second kappa shape index (κ2) is 9.57. The molecule has 0 saturated heterocycles. The fraction of sp³-hybridized carbons (Fsp3) is 0.577. The van der Waals surface area contributed by atoms with E-state index in [9.17, 15) is 9.59 Å². The summed E-state index contributed by atoms with van der Waals surface area (Å²) < 4.78 is 7.25. The maximum absolute atomic E-state index is 13.7. The Morgan fingerprint density at radius 1 is 1.24 bits per heavy atom. The first-order valence-corrected chi connectivity index (χ1v) is 11.9. The fourth-order valence-electron chi connectivity index (χ4n) is 3.96. The number of ether oxygens (including phenoxy) is 1. The van der Waals surface area contributed by atoms with Crippen LogP contribution in [0.3, 0.4) is 0 Å². The monoisotopic (exact) mass is 454 g/mol. The molecule has 0 spiro atoms. The van der Waals surface area contributed by atoms with Crippen LogP contribution in [0.4, 0.5) is 0 Å². The number of hydrogen-bond acceptors (Lipinski definition) is 4. The van der Waals surface area contributed by atoms with Crippen LogP contribution in [-0.4, -0.2) is 45.2 Å². The molecule has 1 aliphatic heterocycles. The standard InChI is InChI=1S/C26H38N4O3/c1-8-33-20-11-9-19(10-12-20)16-29-23(31)21-15-22(25(4,5)6)28-30(21)17-26(29,7)24(32)27-14-13-18(2)3/h9-12,15,18H,8,13-14,16-17H2,1-7H3,(H,27,32). The van der Waals surface area contributed by atoms with Gasteiger partial charge in [-0.25, -0.2) is 0 Å². The van der Waals surface area contributed by atoms with E-state index >= 15 is 0 Å². The fourth-order valence-corrected chi connectivity index (χ4v) is 3.96. The van der Waals surface area contributed by atoms with Crippen molar-refractivity contribution in [2.24, 2.45) is 5.92 Å². The molecule has 1 atom stereocenters. The number of carbonyl (C=O) groups is 2. The Labute approximate surface area is 197 Å². The molecule has 1 aromatic carbocycles. The van der Waals surface area contributed by atoms with Crippen LogP contribution < -0.4 is 10.1 Å². The van der Waals surface area contributed by atoms with Crippen LogP contribution in [0.2, 0.25) is 0 Å². The van der Waals surface area contributed by atoms with Crippen LogP contribution in [0.5, 0.6) is 5.75 Å². The third kappa shape index (κ3) is 5.40. The van der Waals surface area contributed by atoms with Crippen molar-refractivity contribution in [2.45, 2.75) is 78.9 Å². The molecule has 1 unspecified atom stereocenters. The summed E-state index contributed by atoms with van der Waals surface area (Å²) >= 11 is 0. The second-order valence-electron chi connectivity index (χ2n) is 10.5. The van der Waals surface area contributed by atoms with Gasteiger partial charge in [-0.05, 0) is 49.9 Å². The lowest BCUT2D eigenvalue weighted by atomic mass is 9.91. The quantitative estimate of drug-likeness (QED) is 0.650. The molecular weight excluding hydrogens is 416 g/mol. The van der Waals surface area contributed by atoms with Gasteiger partial charge in [-0.15, -0.1) is 0 Å². The molecule has 1 aliphatic rings. The normalized spacial score (nSPS) is 18.4. The third-order valence-corrected chi connectivity index (χ3v) is 6.14. The highest BCUT2D eigenvalue weighted by Crippen LogP contribution is 2.32. The van der Waals surface area contributed by atoms with Crippen LogP contribution in [-0.2, 0) is 23.3 Å². The van der Waals surface area contributed by atoms with Gasteiger partial charge in [0.15, 0.2) is 0 Å². The van der Waals surface area contributed by atoms with Crippen molar-refractivity contribution in [1.29, 1.82) is 0 Å². The highest BCUT2D eigenvalue weighted by atomic mass is 16.5. The lowest BCUT2D eigenvalue weighted by Gasteiger charge is -2.43. The Morgan fingerprint density at radius 3 is 2.48 bits per heavy atom. The molecule has 0 saturated carbocycles. The van der Waals surface area contributed by atoms with E-state index in [2.05, 4.69) is 39.9 Å². The van der Waals surface area contributed by atoms with E-state index in [1.54, 1.807) is 9.58 Å². The van der Waals surface area contributed by atoms with Gasteiger partial charge >= 0.3 is 0 Å². The summed E-state index contributed by atoms with van der Waals surface area (Å²) in [6, 6.07) is 9.55. The summed E-state index contributed by atoms with van der Waals surface area (Å²) in [5.74, 6) is 0.937. The molecule has 33 heavy (non-hydrogen) atoms. The maximum atomic E-state index is 13.7. The van der Waals surface area contributed by atoms with Gasteiger partial charge in [0.25, 0.3) is 5.91 Å². The Hall–Kier alpha value is -2.83. The Morgan fingerprint density at radius 2 is 1.91 bits per heavy atom. The van der Waals surface area contributed by atoms with E-state index in [1.807, 2.05) is 44.2 Å². The van der Waals surface area contributed by atoms with E-state index in [-0.39, 0.29) is 17.2 Å². The van der Waals surface area contributed by atoms with Gasteiger partial charge in [-0.2, -0.15) is 5.10 Å². The number of amides is 2. The molecule has 1 aromatic heterocycles. The summed E-state index contributed by atoms with van der Waals surface area (Å²) in [6.07, 6.45) is 0.885. The lowest BCUT2D eigenvalue weighted by Crippen LogP contribution is -2.63. The molecule has 2 aromatic rings. The zero-order valence-corrected chi connectivity index (χ0v) is 21.1. The first-order valence-electron chi connectivity index (χ1n) is 11.9. The molecule has 0 bridgehead atoms. The molecular formula is C26H38N4O3. The van der Waals surface area contributed by atoms with Gasteiger partial charge in [-0.3, -0.25) is 14.3 Å². The van der Waals surface area contributed by atoms with Gasteiger partial charge in [0.05, 0.1) is 18.8 Å². The van der Waals surface area contributed by atoms with Gasteiger partial charge in [0.1, 0.15) is 17.0 Å². The first-order chi connectivity index (χ1) is 15.5. The largest absolute Gasteiger partial charge is 0.494 e. The van der Waals surface area contributed by atoms with E-state index in [1.165, 1.54) is 0 Å². The average molecular weight is 455 g/mol. The van der Waals surface area contributed by atoms with E-state index in [0.717, 1.165) is 23.4 Å². The number of fused-ring (bicyclic) bond motifs is 1. The van der Waals surface area contributed by atoms with Crippen molar-refractivity contribution >= 4 is 11.8 Å². The summed E-state index contributed by atoms with van der Waals surface area (Å²) in [4.78, 5) is 28.8. The van der Waals surface area contributed by atoms with Crippen molar-refractivity contribution in [3.8, 4) is 5.75 Å². The Kier molecular flexibility index (Phi) is 7.20. The van der Waals surface area contributed by atoms with Crippen molar-refractivity contribution in [3.05, 3.63) is 47.3 Å². The Balaban J connectivity index is 1.95. The number of aromatic nitrogens is 2. The van der Waals surface area contributed by atoms with E-state index in [4.69, 9.17) is 9.84 Å². The van der Waals surface area contributed by atoms with Crippen LogP contribution in [0.15, 0.2) is 30.3 Å². The van der Waals surface area contributed by atoms with Crippen molar-refractivity contribution in [1.82, 2.24) is 20.0 Å². The molecule has 7 nitrogen and oxygen atoms in total. The van der Waals surface area contributed by atoms with Crippen molar-refractivity contribution < 1.29 is 14.3 Å². The average Bonchev–Trinajstić information content (AvgIpc) is 3.16. The SMILES string of the molecule is CCOc1ccc(CN2C(=O)c3cc(C(C)(C)C)nn3CC2(C)C(=O)NCCC(C)C)cc1. The highest BCUT2D eigenvalue weighted by molar-refractivity contribution is 5.99. The summed E-state index contributed by atoms with van der Waals surface area (Å²) in [5.41, 5.74) is 1.06. The zero-order valence-electron chi connectivity index (χ0n) is 21.1. The maximum Gasteiger partial charge on any atom is 0.273 e. The van der Waals surface area contributed by atoms with Gasteiger partial charge < -0.3 is 15.0 Å². The topological polar surface area (TPSA) is 76.5 Å². The molecule has 2 amide bonds. The molecule has 0 fully saturated rings. The molecule has 7 heteroatoms. The van der Waals surface area contributed by atoms with Crippen molar-refractivity contribution in [3.63, 3.8) is 0 Å². The summed E-state index contributed by atoms with van der Waals surface area (Å²) in [6.45, 7) is 16.1. The third-order valence-electron chi connectivity index (χ3n) is 6.14. The highest BCUT2D eigenvalue weighted by Gasteiger charge is 2.48. The van der Waals surface area contributed by atoms with Crippen molar-refractivity contribution in [2.75, 3.05) is 13.2 Å². The lowest BCUT2D eigenvalue weighted by molar-refractivity contribution is -0.133. The molecule has 0 aliphatic carbocycles. The van der Waals surface area contributed by atoms with Gasteiger partial charge in [0.2, 0.25) is 5.91 Å². The number of nitrogens with zero attached hydrogens (tertiary/aromatic N) is 3. The molecule has 3 rings (SSSR count). The number of rotatable bonds is 8. The van der Waals surface area contributed by atoms with E-state index < -0.39 is 5.54 Å². The number of nitrogens with one attached hydrogen (secondary N) is 1. The van der Waals surface area contributed by atoms with Crippen LogP contribution in [0.1, 0.15) is 76.6 Å². The molecule has 1 N–H and O–H groups in total. The smallest absolute Gasteiger partial charge is 0.273 e. The second-order valence-corrected chi connectivity index (χ2v) is 10.5. The number of hydrogen-bond donors (Lipinski definition) is 1. The molecule has 2 heterocycles. The van der Waals surface area contributed by atoms with Crippen LogP contribution >= 0.6 is 0 Å². The minimum Gasteiger partial charge on any atom is -0.494 e. The van der Waals surface area contributed by atoms with E-state index in [0.29, 0.717) is 37.9 Å². The molecule has 0 radical (unpaired) electrons. The van der Waals surface area contributed by atoms with Gasteiger partial charge in [-0.1, -0.05) is 46.8 Å². The number of benzene rings is 1. The first kappa shape index (κ1) is 24.8. The zero-order chi connectivity index (χ0) is 24.4.